The molecule has 1 aliphatic rings. The second kappa shape index (κ2) is 10.3. The number of aliphatic hydroxyl groups is 1. The van der Waals surface area contributed by atoms with E-state index in [9.17, 15) is 9.90 Å². The van der Waals surface area contributed by atoms with E-state index in [0.717, 1.165) is 12.3 Å². The molecule has 1 aromatic carbocycles. The Hall–Kier alpha value is -1.59. The van der Waals surface area contributed by atoms with Crippen molar-refractivity contribution in [3.05, 3.63) is 29.8 Å². The number of carbonyl (C=O) groups is 1. The molecule has 1 N–H and O–H groups in total. The first kappa shape index (κ1) is 24.4. The largest absolute Gasteiger partial charge is 0.497 e. The highest BCUT2D eigenvalue weighted by Crippen LogP contribution is 2.35. The second-order valence-electron chi connectivity index (χ2n) is 8.61. The van der Waals surface area contributed by atoms with Crippen LogP contribution in [0.2, 0.25) is 0 Å². The van der Waals surface area contributed by atoms with Crippen LogP contribution < -0.4 is 4.74 Å². The van der Waals surface area contributed by atoms with Crippen LogP contribution in [0.4, 0.5) is 0 Å². The van der Waals surface area contributed by atoms with Crippen LogP contribution in [0.5, 0.6) is 5.75 Å². The van der Waals surface area contributed by atoms with Crippen LogP contribution in [0.15, 0.2) is 24.3 Å². The molecule has 1 saturated heterocycles. The van der Waals surface area contributed by atoms with Gasteiger partial charge in [-0.2, -0.15) is 0 Å². The van der Waals surface area contributed by atoms with Crippen LogP contribution in [0.1, 0.15) is 73.3 Å². The van der Waals surface area contributed by atoms with Gasteiger partial charge in [-0.25, -0.2) is 0 Å². The Morgan fingerprint density at radius 2 is 1.64 bits per heavy atom. The molecule has 1 fully saturated rings. The van der Waals surface area contributed by atoms with Gasteiger partial charge in [-0.15, -0.1) is 0 Å². The zero-order chi connectivity index (χ0) is 21.5. The summed E-state index contributed by atoms with van der Waals surface area (Å²) in [6.45, 7) is 14.6. The maximum absolute atomic E-state index is 12.2. The molecule has 5 heteroatoms. The number of ether oxygens (including phenoxy) is 2. The van der Waals surface area contributed by atoms with E-state index >= 15 is 0 Å². The predicted octanol–water partition coefficient (Wildman–Crippen LogP) is 4.56. The monoisotopic (exact) mass is 393 g/mol. The molecular weight excluding hydrogens is 354 g/mol. The summed E-state index contributed by atoms with van der Waals surface area (Å²) in [5, 5.41) is 11.0. The summed E-state index contributed by atoms with van der Waals surface area (Å²) in [7, 11) is 1.66. The molecule has 0 spiro atoms. The second-order valence-corrected chi connectivity index (χ2v) is 8.61. The molecule has 0 aromatic heterocycles. The first-order valence-corrected chi connectivity index (χ1v) is 10.3. The lowest BCUT2D eigenvalue weighted by Gasteiger charge is -2.46. The summed E-state index contributed by atoms with van der Waals surface area (Å²) in [5.41, 5.74) is -0.320. The van der Waals surface area contributed by atoms with Crippen molar-refractivity contribution < 1.29 is 19.4 Å². The Kier molecular flexibility index (Phi) is 8.96. The number of hydrogen-bond donors (Lipinski definition) is 1. The Bertz CT molecular complexity index is 594. The van der Waals surface area contributed by atoms with Crippen molar-refractivity contribution in [1.82, 2.24) is 4.90 Å². The lowest BCUT2D eigenvalue weighted by atomic mass is 9.80. The van der Waals surface area contributed by atoms with Crippen molar-refractivity contribution in [2.75, 3.05) is 7.11 Å². The maximum atomic E-state index is 12.2. The zero-order valence-electron chi connectivity index (χ0n) is 18.9. The molecule has 160 valence electrons. The van der Waals surface area contributed by atoms with E-state index in [2.05, 4.69) is 30.9 Å². The van der Waals surface area contributed by atoms with Crippen molar-refractivity contribution in [2.24, 2.45) is 0 Å². The minimum atomic E-state index is -1.00. The van der Waals surface area contributed by atoms with Gasteiger partial charge in [-0.3, -0.25) is 9.69 Å². The van der Waals surface area contributed by atoms with Gasteiger partial charge < -0.3 is 14.6 Å². The molecule has 2 rings (SSSR count). The normalized spacial score (nSPS) is 25.5. The van der Waals surface area contributed by atoms with Crippen LogP contribution in [0.25, 0.3) is 0 Å². The molecule has 1 aromatic rings. The Morgan fingerprint density at radius 1 is 1.14 bits per heavy atom. The highest BCUT2D eigenvalue weighted by atomic mass is 16.6. The number of nitrogens with zero attached hydrogens (tertiary/aromatic N) is 1. The molecule has 0 aliphatic carbocycles. The Balaban J connectivity index is 0.00000190. The van der Waals surface area contributed by atoms with Crippen molar-refractivity contribution in [1.29, 1.82) is 0 Å². The summed E-state index contributed by atoms with van der Waals surface area (Å²) < 4.78 is 10.6. The topological polar surface area (TPSA) is 59.0 Å². The number of likely N-dealkylation sites (tertiary alicyclic amines) is 1. The maximum Gasteiger partial charge on any atom is 0.309 e. The summed E-state index contributed by atoms with van der Waals surface area (Å²) in [4.78, 5) is 14.6. The SMILES string of the molecule is CC.COc1ccc(CN2C(C)CC(O)(CC(=O)OC(C)(C)C)C[C@@H]2C)cc1. The number of carbonyl (C=O) groups excluding carboxylic acids is 1. The minimum absolute atomic E-state index is 0.0509. The van der Waals surface area contributed by atoms with Crippen molar-refractivity contribution in [2.45, 2.75) is 97.6 Å². The van der Waals surface area contributed by atoms with Gasteiger partial charge in [0.05, 0.1) is 19.1 Å². The molecule has 0 saturated carbocycles. The fourth-order valence-electron chi connectivity index (χ4n) is 3.90. The van der Waals surface area contributed by atoms with E-state index in [-0.39, 0.29) is 24.5 Å². The van der Waals surface area contributed by atoms with E-state index < -0.39 is 11.2 Å². The van der Waals surface area contributed by atoms with Crippen LogP contribution in [0.3, 0.4) is 0 Å². The molecule has 0 amide bonds. The molecule has 5 nitrogen and oxygen atoms in total. The molecule has 1 aliphatic heterocycles. The van der Waals surface area contributed by atoms with Crippen molar-refractivity contribution >= 4 is 5.97 Å². The third-order valence-corrected chi connectivity index (χ3v) is 4.90. The van der Waals surface area contributed by atoms with Gasteiger partial charge in [0, 0.05) is 18.6 Å². The highest BCUT2D eigenvalue weighted by Gasteiger charge is 2.42. The van der Waals surface area contributed by atoms with Gasteiger partial charge in [0.2, 0.25) is 0 Å². The van der Waals surface area contributed by atoms with E-state index in [4.69, 9.17) is 9.47 Å². The fourth-order valence-corrected chi connectivity index (χ4v) is 3.90. The Labute approximate surface area is 171 Å². The smallest absolute Gasteiger partial charge is 0.309 e. The van der Waals surface area contributed by atoms with Crippen LogP contribution in [-0.4, -0.2) is 46.4 Å². The lowest BCUT2D eigenvalue weighted by molar-refractivity contribution is -0.164. The average Bonchev–Trinajstić information content (AvgIpc) is 2.58. The Morgan fingerprint density at radius 3 is 2.07 bits per heavy atom. The van der Waals surface area contributed by atoms with Gasteiger partial charge in [0.1, 0.15) is 11.4 Å². The van der Waals surface area contributed by atoms with Crippen molar-refractivity contribution in [3.63, 3.8) is 0 Å². The number of methoxy groups -OCH3 is 1. The number of esters is 1. The first-order chi connectivity index (χ1) is 13.0. The number of piperidine rings is 1. The van der Waals surface area contributed by atoms with Crippen molar-refractivity contribution in [3.8, 4) is 5.75 Å². The lowest BCUT2D eigenvalue weighted by Crippen LogP contribution is -2.54. The molecular formula is C23H39NO4. The van der Waals surface area contributed by atoms with Crippen LogP contribution in [0, 0.1) is 0 Å². The van der Waals surface area contributed by atoms with Gasteiger partial charge in [0.25, 0.3) is 0 Å². The molecule has 1 heterocycles. The third kappa shape index (κ3) is 7.44. The molecule has 0 radical (unpaired) electrons. The van der Waals surface area contributed by atoms with Crippen LogP contribution in [-0.2, 0) is 16.1 Å². The summed E-state index contributed by atoms with van der Waals surface area (Å²) in [6, 6.07) is 8.42. The first-order valence-electron chi connectivity index (χ1n) is 10.3. The number of hydrogen-bond acceptors (Lipinski definition) is 5. The van der Waals surface area contributed by atoms with Gasteiger partial charge in [0.15, 0.2) is 0 Å². The zero-order valence-corrected chi connectivity index (χ0v) is 18.9. The molecule has 28 heavy (non-hydrogen) atoms. The molecule has 0 bridgehead atoms. The van der Waals surface area contributed by atoms with E-state index in [1.54, 1.807) is 7.11 Å². The average molecular weight is 394 g/mol. The quantitative estimate of drug-likeness (QED) is 0.743. The summed E-state index contributed by atoms with van der Waals surface area (Å²) in [6.07, 6.45) is 1.18. The van der Waals surface area contributed by atoms with Gasteiger partial charge in [-0.1, -0.05) is 26.0 Å². The number of benzene rings is 1. The molecule has 2 unspecified atom stereocenters. The predicted molar refractivity (Wildman–Crippen MR) is 113 cm³/mol. The van der Waals surface area contributed by atoms with Gasteiger partial charge in [-0.05, 0) is 65.2 Å². The standard InChI is InChI=1S/C21H33NO4.C2H6/c1-15-11-21(24,13-19(23)26-20(3,4)5)12-16(2)22(15)14-17-7-9-18(25-6)10-8-17;1-2/h7-10,15-16,24H,11-14H2,1-6H3;1-2H3/t15-,16?,21?;/m0./s1. The molecule has 3 atom stereocenters. The summed E-state index contributed by atoms with van der Waals surface area (Å²) in [5.74, 6) is 0.517. The van der Waals surface area contributed by atoms with E-state index in [1.165, 1.54) is 5.56 Å². The number of rotatable bonds is 5. The highest BCUT2D eigenvalue weighted by molar-refractivity contribution is 5.71. The van der Waals surface area contributed by atoms with E-state index in [1.807, 2.05) is 46.8 Å². The van der Waals surface area contributed by atoms with Crippen LogP contribution >= 0.6 is 0 Å². The summed E-state index contributed by atoms with van der Waals surface area (Å²) >= 11 is 0. The minimum Gasteiger partial charge on any atom is -0.497 e. The fraction of sp³-hybridized carbons (Fsp3) is 0.696. The third-order valence-electron chi connectivity index (χ3n) is 4.90. The van der Waals surface area contributed by atoms with Gasteiger partial charge >= 0.3 is 5.97 Å². The van der Waals surface area contributed by atoms with E-state index in [0.29, 0.717) is 12.8 Å².